The number of aromatic nitrogens is 1. The van der Waals surface area contributed by atoms with E-state index in [1.807, 2.05) is 24.3 Å². The van der Waals surface area contributed by atoms with Gasteiger partial charge in [-0.15, -0.1) is 11.3 Å². The van der Waals surface area contributed by atoms with Crippen molar-refractivity contribution in [3.63, 3.8) is 0 Å². The Balaban J connectivity index is 1.47. The minimum atomic E-state index is -0.353. The first-order chi connectivity index (χ1) is 14.6. The summed E-state index contributed by atoms with van der Waals surface area (Å²) in [6.07, 6.45) is 1.49. The Hall–Kier alpha value is -2.32. The second kappa shape index (κ2) is 9.66. The molecule has 1 unspecified atom stereocenters. The Labute approximate surface area is 183 Å². The van der Waals surface area contributed by atoms with Crippen LogP contribution >= 0.6 is 22.9 Å². The maximum atomic E-state index is 14.0. The molecule has 0 spiro atoms. The third-order valence-electron chi connectivity index (χ3n) is 5.03. The van der Waals surface area contributed by atoms with E-state index in [9.17, 15) is 9.18 Å². The summed E-state index contributed by atoms with van der Waals surface area (Å²) in [5, 5.41) is 4.17. The van der Waals surface area contributed by atoms with Crippen LogP contribution in [0.15, 0.2) is 54.7 Å². The van der Waals surface area contributed by atoms with Crippen molar-refractivity contribution in [1.82, 2.24) is 15.2 Å². The van der Waals surface area contributed by atoms with E-state index >= 15 is 0 Å². The summed E-state index contributed by atoms with van der Waals surface area (Å²) in [5.41, 5.74) is 1.48. The van der Waals surface area contributed by atoms with E-state index in [4.69, 9.17) is 16.3 Å². The highest BCUT2D eigenvalue weighted by atomic mass is 35.5. The number of nitrogens with one attached hydrogen (secondary N) is 1. The van der Waals surface area contributed by atoms with Gasteiger partial charge < -0.3 is 10.1 Å². The van der Waals surface area contributed by atoms with Crippen molar-refractivity contribution >= 4 is 28.8 Å². The lowest BCUT2D eigenvalue weighted by Crippen LogP contribution is -2.43. The van der Waals surface area contributed by atoms with E-state index in [1.54, 1.807) is 18.2 Å². The molecule has 0 saturated carbocycles. The van der Waals surface area contributed by atoms with E-state index in [-0.39, 0.29) is 17.8 Å². The monoisotopic (exact) mass is 445 g/mol. The van der Waals surface area contributed by atoms with Crippen LogP contribution in [0, 0.1) is 5.82 Å². The second-order valence-corrected chi connectivity index (χ2v) is 8.40. The average molecular weight is 446 g/mol. The molecule has 1 aliphatic heterocycles. The Bertz CT molecular complexity index is 1010. The number of ether oxygens (including phenoxy) is 1. The zero-order chi connectivity index (χ0) is 20.9. The smallest absolute Gasteiger partial charge is 0.263 e. The molecule has 2 aromatic carbocycles. The summed E-state index contributed by atoms with van der Waals surface area (Å²) in [5.74, 6) is -0.573. The van der Waals surface area contributed by atoms with E-state index in [2.05, 4.69) is 15.2 Å². The summed E-state index contributed by atoms with van der Waals surface area (Å²) >= 11 is 7.22. The molecule has 1 N–H and O–H groups in total. The average Bonchev–Trinajstić information content (AvgIpc) is 3.26. The highest BCUT2D eigenvalue weighted by molar-refractivity contribution is 7.16. The van der Waals surface area contributed by atoms with Gasteiger partial charge in [0.15, 0.2) is 0 Å². The van der Waals surface area contributed by atoms with Gasteiger partial charge in [0.2, 0.25) is 0 Å². The molecule has 5 nitrogen and oxygen atoms in total. The van der Waals surface area contributed by atoms with E-state index in [1.165, 1.54) is 23.6 Å². The first kappa shape index (κ1) is 20.9. The number of morpholine rings is 1. The van der Waals surface area contributed by atoms with Crippen molar-refractivity contribution in [3.05, 3.63) is 76.0 Å². The molecule has 1 aliphatic rings. The van der Waals surface area contributed by atoms with Gasteiger partial charge in [0.1, 0.15) is 15.7 Å². The molecule has 0 radical (unpaired) electrons. The van der Waals surface area contributed by atoms with Gasteiger partial charge in [-0.1, -0.05) is 35.9 Å². The zero-order valence-corrected chi connectivity index (χ0v) is 17.8. The van der Waals surface area contributed by atoms with Crippen LogP contribution in [0.5, 0.6) is 0 Å². The van der Waals surface area contributed by atoms with Gasteiger partial charge in [0.05, 0.1) is 25.5 Å². The molecule has 8 heteroatoms. The van der Waals surface area contributed by atoms with Crippen molar-refractivity contribution in [2.75, 3.05) is 32.8 Å². The summed E-state index contributed by atoms with van der Waals surface area (Å²) < 4.78 is 19.5. The lowest BCUT2D eigenvalue weighted by Gasteiger charge is -2.34. The zero-order valence-electron chi connectivity index (χ0n) is 16.2. The molecule has 30 heavy (non-hydrogen) atoms. The third-order valence-corrected chi connectivity index (χ3v) is 6.31. The van der Waals surface area contributed by atoms with E-state index in [0.717, 1.165) is 18.7 Å². The van der Waals surface area contributed by atoms with Gasteiger partial charge >= 0.3 is 0 Å². The van der Waals surface area contributed by atoms with Gasteiger partial charge in [-0.05, 0) is 29.8 Å². The predicted octanol–water partition coefficient (Wildman–Crippen LogP) is 4.41. The lowest BCUT2D eigenvalue weighted by atomic mass is 10.0. The molecular formula is C22H21ClFN3O2S. The van der Waals surface area contributed by atoms with Crippen molar-refractivity contribution in [2.45, 2.75) is 6.04 Å². The van der Waals surface area contributed by atoms with Crippen LogP contribution in [0.4, 0.5) is 4.39 Å². The maximum Gasteiger partial charge on any atom is 0.263 e. The van der Waals surface area contributed by atoms with Crippen molar-refractivity contribution in [3.8, 4) is 10.6 Å². The molecular weight excluding hydrogens is 425 g/mol. The SMILES string of the molecule is O=C(NCC(c1ccc(Cl)cc1)N1CCOCC1)c1cnc(-c2ccccc2F)s1. The van der Waals surface area contributed by atoms with Crippen molar-refractivity contribution < 1.29 is 13.9 Å². The third kappa shape index (κ3) is 4.87. The number of benzene rings is 2. The highest BCUT2D eigenvalue weighted by Crippen LogP contribution is 2.28. The highest BCUT2D eigenvalue weighted by Gasteiger charge is 2.24. The van der Waals surface area contributed by atoms with E-state index < -0.39 is 0 Å². The van der Waals surface area contributed by atoms with Gasteiger partial charge in [0.25, 0.3) is 5.91 Å². The summed E-state index contributed by atoms with van der Waals surface area (Å²) in [7, 11) is 0. The first-order valence-corrected chi connectivity index (χ1v) is 10.9. The topological polar surface area (TPSA) is 54.5 Å². The van der Waals surface area contributed by atoms with Gasteiger partial charge in [-0.2, -0.15) is 0 Å². The standard InChI is InChI=1S/C22H21ClFN3O2S/c23-16-7-5-15(6-8-16)19(27-9-11-29-12-10-27)13-25-21(28)20-14-26-22(30-20)17-3-1-2-4-18(17)24/h1-8,14,19H,9-13H2,(H,25,28). The Morgan fingerprint density at radius 3 is 2.67 bits per heavy atom. The predicted molar refractivity (Wildman–Crippen MR) is 116 cm³/mol. The van der Waals surface area contributed by atoms with Crippen molar-refractivity contribution in [2.24, 2.45) is 0 Å². The van der Waals surface area contributed by atoms with Crippen LogP contribution in [0.1, 0.15) is 21.3 Å². The summed E-state index contributed by atoms with van der Waals surface area (Å²) in [6.45, 7) is 3.35. The quantitative estimate of drug-likeness (QED) is 0.610. The second-order valence-electron chi connectivity index (χ2n) is 6.94. The van der Waals surface area contributed by atoms with Crippen LogP contribution in [0.25, 0.3) is 10.6 Å². The Morgan fingerprint density at radius 2 is 1.93 bits per heavy atom. The van der Waals surface area contributed by atoms with Gasteiger partial charge in [-0.25, -0.2) is 9.37 Å². The van der Waals surface area contributed by atoms with Crippen LogP contribution in [0.3, 0.4) is 0 Å². The molecule has 156 valence electrons. The maximum absolute atomic E-state index is 14.0. The molecule has 1 aromatic heterocycles. The van der Waals surface area contributed by atoms with Gasteiger partial charge in [0, 0.05) is 30.2 Å². The summed E-state index contributed by atoms with van der Waals surface area (Å²) in [4.78, 5) is 19.7. The van der Waals surface area contributed by atoms with Crippen LogP contribution < -0.4 is 5.32 Å². The number of halogens is 2. The van der Waals surface area contributed by atoms with Gasteiger partial charge in [-0.3, -0.25) is 9.69 Å². The molecule has 0 bridgehead atoms. The molecule has 3 aromatic rings. The minimum Gasteiger partial charge on any atom is -0.379 e. The summed E-state index contributed by atoms with van der Waals surface area (Å²) in [6, 6.07) is 14.1. The number of hydrogen-bond donors (Lipinski definition) is 1. The fourth-order valence-electron chi connectivity index (χ4n) is 3.45. The number of nitrogens with zero attached hydrogens (tertiary/aromatic N) is 2. The normalized spacial score (nSPS) is 15.7. The first-order valence-electron chi connectivity index (χ1n) is 9.68. The molecule has 1 amide bonds. The number of carbonyl (C=O) groups excluding carboxylic acids is 1. The number of rotatable bonds is 6. The fraction of sp³-hybridized carbons (Fsp3) is 0.273. The molecule has 0 aliphatic carbocycles. The van der Waals surface area contributed by atoms with Crippen molar-refractivity contribution in [1.29, 1.82) is 0 Å². The Kier molecular flexibility index (Phi) is 6.74. The largest absolute Gasteiger partial charge is 0.379 e. The molecule has 4 rings (SSSR count). The number of amides is 1. The Morgan fingerprint density at radius 1 is 1.20 bits per heavy atom. The lowest BCUT2D eigenvalue weighted by molar-refractivity contribution is 0.0162. The van der Waals surface area contributed by atoms with Crippen LogP contribution in [0.2, 0.25) is 5.02 Å². The number of carbonyl (C=O) groups is 1. The minimum absolute atomic E-state index is 0.00840. The fourth-order valence-corrected chi connectivity index (χ4v) is 4.43. The molecule has 1 saturated heterocycles. The molecule has 1 fully saturated rings. The molecule has 2 heterocycles. The number of thiazole rings is 1. The molecule has 1 atom stereocenters. The number of hydrogen-bond acceptors (Lipinski definition) is 5. The van der Waals surface area contributed by atoms with Crippen LogP contribution in [-0.2, 0) is 4.74 Å². The van der Waals surface area contributed by atoms with Crippen LogP contribution in [-0.4, -0.2) is 48.6 Å². The van der Waals surface area contributed by atoms with E-state index in [0.29, 0.717) is 40.2 Å².